The molecule has 1 aliphatic rings. The first-order valence-corrected chi connectivity index (χ1v) is 20.3. The molecule has 1 heterocycles. The topological polar surface area (TPSA) is 59.6 Å². The molecule has 1 aromatic rings. The molecule has 1 fully saturated rings. The number of allylic oxidation sites excluding steroid dienone is 4. The second-order valence-corrected chi connectivity index (χ2v) is 14.0. The van der Waals surface area contributed by atoms with E-state index in [1.54, 1.807) is 0 Å². The van der Waals surface area contributed by atoms with Crippen molar-refractivity contribution >= 4 is 18.3 Å². The molecule has 1 unspecified atom stereocenters. The molecule has 0 bridgehead atoms. The van der Waals surface area contributed by atoms with Gasteiger partial charge in [0, 0.05) is 25.3 Å². The Morgan fingerprint density at radius 1 is 0.755 bits per heavy atom. The molecule has 0 spiro atoms. The van der Waals surface area contributed by atoms with Crippen LogP contribution in [0.1, 0.15) is 177 Å². The highest BCUT2D eigenvalue weighted by Gasteiger charge is 2.17. The number of carbonyl (C=O) groups is 1. The second kappa shape index (κ2) is 33.5. The van der Waals surface area contributed by atoms with Crippen molar-refractivity contribution in [1.29, 1.82) is 0 Å². The number of piperidine rings is 1. The van der Waals surface area contributed by atoms with E-state index in [1.165, 1.54) is 121 Å². The lowest BCUT2D eigenvalue weighted by atomic mass is 9.89. The van der Waals surface area contributed by atoms with Crippen LogP contribution < -0.4 is 10.6 Å². The van der Waals surface area contributed by atoms with Crippen LogP contribution in [0, 0.1) is 0 Å². The van der Waals surface area contributed by atoms with Gasteiger partial charge in [-0.3, -0.25) is 4.79 Å². The number of nitrogens with one attached hydrogen (secondary N) is 2. The number of benzene rings is 1. The minimum absolute atomic E-state index is 0. The molecule has 5 nitrogen and oxygen atoms in total. The van der Waals surface area contributed by atoms with Crippen molar-refractivity contribution in [3.63, 3.8) is 0 Å². The molecule has 2 N–H and O–H groups in total. The molecule has 282 valence electrons. The first-order chi connectivity index (χ1) is 23.7. The Morgan fingerprint density at radius 3 is 1.88 bits per heavy atom. The van der Waals surface area contributed by atoms with Crippen LogP contribution in [0.4, 0.5) is 0 Å². The molecule has 1 saturated heterocycles. The highest BCUT2D eigenvalue weighted by atomic mass is 35.5. The van der Waals surface area contributed by atoms with Crippen LogP contribution in [0.15, 0.2) is 48.6 Å². The second-order valence-electron chi connectivity index (χ2n) is 14.0. The van der Waals surface area contributed by atoms with Crippen LogP contribution in [0.5, 0.6) is 0 Å². The van der Waals surface area contributed by atoms with E-state index in [0.717, 1.165) is 57.6 Å². The van der Waals surface area contributed by atoms with Crippen LogP contribution in [0.3, 0.4) is 0 Å². The summed E-state index contributed by atoms with van der Waals surface area (Å²) in [5.41, 5.74) is 2.02. The maximum Gasteiger partial charge on any atom is 0.251 e. The zero-order chi connectivity index (χ0) is 34.2. The number of halogens is 1. The third kappa shape index (κ3) is 25.0. The lowest BCUT2D eigenvalue weighted by Gasteiger charge is -2.23. The van der Waals surface area contributed by atoms with Crippen molar-refractivity contribution in [2.75, 3.05) is 39.5 Å². The van der Waals surface area contributed by atoms with E-state index in [2.05, 4.69) is 60.9 Å². The molecule has 2 rings (SSSR count). The zero-order valence-electron chi connectivity index (χ0n) is 31.7. The molecule has 49 heavy (non-hydrogen) atoms. The molecule has 1 aliphatic heterocycles. The van der Waals surface area contributed by atoms with Gasteiger partial charge in [-0.05, 0) is 114 Å². The Morgan fingerprint density at radius 2 is 1.29 bits per heavy atom. The predicted octanol–water partition coefficient (Wildman–Crippen LogP) is 11.7. The summed E-state index contributed by atoms with van der Waals surface area (Å²) >= 11 is 0. The Hall–Kier alpha value is -1.66. The fourth-order valence-electron chi connectivity index (χ4n) is 6.42. The van der Waals surface area contributed by atoms with Crippen molar-refractivity contribution in [3.8, 4) is 0 Å². The van der Waals surface area contributed by atoms with Crippen molar-refractivity contribution in [1.82, 2.24) is 10.6 Å². The summed E-state index contributed by atoms with van der Waals surface area (Å²) in [5.74, 6) is 0.516. The van der Waals surface area contributed by atoms with Gasteiger partial charge in [0.2, 0.25) is 0 Å². The largest absolute Gasteiger partial charge is 0.379 e. The summed E-state index contributed by atoms with van der Waals surface area (Å²) in [7, 11) is 0. The van der Waals surface area contributed by atoms with Gasteiger partial charge in [0.25, 0.3) is 5.91 Å². The van der Waals surface area contributed by atoms with Crippen LogP contribution in [-0.4, -0.2) is 51.5 Å². The molecule has 0 radical (unpaired) electrons. The summed E-state index contributed by atoms with van der Waals surface area (Å²) in [6.45, 7) is 9.11. The number of ether oxygens (including phenoxy) is 2. The van der Waals surface area contributed by atoms with Crippen molar-refractivity contribution in [2.24, 2.45) is 0 Å². The number of amides is 1. The Bertz CT molecular complexity index is 947. The molecule has 1 amide bonds. The van der Waals surface area contributed by atoms with Gasteiger partial charge in [0.15, 0.2) is 0 Å². The van der Waals surface area contributed by atoms with Crippen molar-refractivity contribution in [3.05, 3.63) is 59.7 Å². The molecular weight excluding hydrogens is 628 g/mol. The van der Waals surface area contributed by atoms with E-state index in [-0.39, 0.29) is 24.4 Å². The third-order valence-electron chi connectivity index (χ3n) is 9.56. The Labute approximate surface area is 308 Å². The van der Waals surface area contributed by atoms with Gasteiger partial charge in [-0.25, -0.2) is 0 Å². The predicted molar refractivity (Wildman–Crippen MR) is 213 cm³/mol. The molecule has 0 aliphatic carbocycles. The SMILES string of the molecule is CCCCC/C=C\CCCCCCCOCC(CNC(=O)c1cccc(C2CCNCC2)c1)OCCCCCCC/C=C\CCCCC.Cl. The fraction of sp³-hybridized carbons (Fsp3) is 0.744. The van der Waals surface area contributed by atoms with E-state index >= 15 is 0 Å². The number of hydrogen-bond acceptors (Lipinski definition) is 4. The monoisotopic (exact) mass is 703 g/mol. The normalized spacial score (nSPS) is 14.4. The molecule has 0 saturated carbocycles. The summed E-state index contributed by atoms with van der Waals surface area (Å²) < 4.78 is 12.4. The maximum atomic E-state index is 13.1. The number of rotatable bonds is 31. The van der Waals surface area contributed by atoms with Crippen molar-refractivity contribution in [2.45, 2.75) is 167 Å². The molecular formula is C43H75ClN2O3. The fourth-order valence-corrected chi connectivity index (χ4v) is 6.42. The van der Waals surface area contributed by atoms with Crippen LogP contribution in [-0.2, 0) is 9.47 Å². The first kappa shape index (κ1) is 45.4. The summed E-state index contributed by atoms with van der Waals surface area (Å²) in [5, 5.41) is 6.59. The quantitative estimate of drug-likeness (QED) is 0.0597. The number of hydrogen-bond donors (Lipinski definition) is 2. The third-order valence-corrected chi connectivity index (χ3v) is 9.56. The molecule has 1 aromatic carbocycles. The lowest BCUT2D eigenvalue weighted by molar-refractivity contribution is -0.0170. The van der Waals surface area contributed by atoms with Crippen LogP contribution >= 0.6 is 12.4 Å². The Kier molecular flexibility index (Phi) is 31.0. The van der Waals surface area contributed by atoms with Gasteiger partial charge in [0.05, 0.1) is 12.7 Å². The minimum Gasteiger partial charge on any atom is -0.379 e. The Balaban J connectivity index is 0.0000120. The van der Waals surface area contributed by atoms with Crippen LogP contribution in [0.2, 0.25) is 0 Å². The molecule has 0 aromatic heterocycles. The highest BCUT2D eigenvalue weighted by Crippen LogP contribution is 2.25. The molecule has 6 heteroatoms. The first-order valence-electron chi connectivity index (χ1n) is 20.3. The number of unbranched alkanes of at least 4 members (excludes halogenated alkanes) is 16. The van der Waals surface area contributed by atoms with Gasteiger partial charge < -0.3 is 20.1 Å². The maximum absolute atomic E-state index is 13.1. The van der Waals surface area contributed by atoms with Gasteiger partial charge in [0.1, 0.15) is 0 Å². The lowest BCUT2D eigenvalue weighted by Crippen LogP contribution is -2.36. The van der Waals surface area contributed by atoms with E-state index in [4.69, 9.17) is 9.47 Å². The van der Waals surface area contributed by atoms with E-state index in [9.17, 15) is 4.79 Å². The van der Waals surface area contributed by atoms with E-state index in [1.807, 2.05) is 12.1 Å². The van der Waals surface area contributed by atoms with E-state index < -0.39 is 0 Å². The van der Waals surface area contributed by atoms with Gasteiger partial charge in [-0.2, -0.15) is 0 Å². The van der Waals surface area contributed by atoms with Gasteiger partial charge >= 0.3 is 0 Å². The van der Waals surface area contributed by atoms with Gasteiger partial charge in [-0.15, -0.1) is 12.4 Å². The average Bonchev–Trinajstić information content (AvgIpc) is 3.12. The minimum atomic E-state index is -0.122. The standard InChI is InChI=1S/C43H74N2O3.ClH/c1-3-5-7-9-11-13-15-17-19-21-23-25-34-47-38-42(48-35-26-24-22-20-18-16-14-12-10-8-6-4-2)37-45-43(46)41-29-27-28-40(36-41)39-30-32-44-33-31-39;/h11-14,27-29,36,39,42,44H,3-10,15-26,30-35,37-38H2,1-2H3,(H,45,46);1H/b13-11-,14-12-;. The average molecular weight is 704 g/mol. The smallest absolute Gasteiger partial charge is 0.251 e. The van der Waals surface area contributed by atoms with Crippen molar-refractivity contribution < 1.29 is 14.3 Å². The van der Waals surface area contributed by atoms with Crippen LogP contribution in [0.25, 0.3) is 0 Å². The zero-order valence-corrected chi connectivity index (χ0v) is 32.5. The number of carbonyl (C=O) groups excluding carboxylic acids is 1. The van der Waals surface area contributed by atoms with Gasteiger partial charge in [-0.1, -0.05) is 114 Å². The highest BCUT2D eigenvalue weighted by molar-refractivity contribution is 5.94. The summed E-state index contributed by atoms with van der Waals surface area (Å²) in [6.07, 6.45) is 36.7. The van der Waals surface area contributed by atoms with E-state index in [0.29, 0.717) is 19.1 Å². The summed E-state index contributed by atoms with van der Waals surface area (Å²) in [6, 6.07) is 8.21. The molecule has 1 atom stereocenters. The summed E-state index contributed by atoms with van der Waals surface area (Å²) in [4.78, 5) is 13.1.